The number of ketones is 1. The van der Waals surface area contributed by atoms with Crippen LogP contribution in [0.5, 0.6) is 5.75 Å². The molecule has 210 valence electrons. The summed E-state index contributed by atoms with van der Waals surface area (Å²) in [7, 11) is -6.22. The number of esters is 2. The Bertz CT molecular complexity index is 1260. The van der Waals surface area contributed by atoms with E-state index in [0.717, 1.165) is 18.2 Å². The molecule has 16 heteroatoms. The van der Waals surface area contributed by atoms with Gasteiger partial charge in [-0.05, 0) is 78.8 Å². The van der Waals surface area contributed by atoms with Gasteiger partial charge in [0.1, 0.15) is 17.1 Å². The van der Waals surface area contributed by atoms with E-state index in [-0.39, 0.29) is 39.9 Å². The van der Waals surface area contributed by atoms with Crippen LogP contribution in [0.25, 0.3) is 0 Å². The fourth-order valence-corrected chi connectivity index (χ4v) is 7.23. The Morgan fingerprint density at radius 2 is 1.58 bits per heavy atom. The van der Waals surface area contributed by atoms with Gasteiger partial charge >= 0.3 is 29.9 Å². The van der Waals surface area contributed by atoms with Crippen LogP contribution >= 0.6 is 22.6 Å². The Hall–Kier alpha value is -1.95. The van der Waals surface area contributed by atoms with Crippen molar-refractivity contribution >= 4 is 50.4 Å². The molecule has 1 aromatic carbocycles. The van der Waals surface area contributed by atoms with Crippen molar-refractivity contribution in [3.8, 4) is 5.75 Å². The Morgan fingerprint density at radius 3 is 2.08 bits per heavy atom. The van der Waals surface area contributed by atoms with Crippen molar-refractivity contribution in [1.82, 2.24) is 0 Å². The Balaban J connectivity index is 1.68. The third-order valence-corrected chi connectivity index (χ3v) is 8.79. The van der Waals surface area contributed by atoms with Gasteiger partial charge in [0, 0.05) is 15.4 Å². The molecule has 0 heterocycles. The molecule has 5 rings (SSSR count). The van der Waals surface area contributed by atoms with Crippen molar-refractivity contribution in [3.05, 3.63) is 27.3 Å². The molecule has 4 bridgehead atoms. The van der Waals surface area contributed by atoms with Gasteiger partial charge in [-0.2, -0.15) is 26.3 Å². The Morgan fingerprint density at radius 1 is 1.03 bits per heavy atom. The highest BCUT2D eigenvalue weighted by Crippen LogP contribution is 2.59. The monoisotopic (exact) mass is 683 g/mol. The summed E-state index contributed by atoms with van der Waals surface area (Å²) in [6.07, 6.45) is -11.1. The van der Waals surface area contributed by atoms with Gasteiger partial charge in [-0.1, -0.05) is 0 Å². The average Bonchev–Trinajstić information content (AvgIpc) is 2.73. The number of hydrogen-bond donors (Lipinski definition) is 0. The van der Waals surface area contributed by atoms with E-state index in [1.165, 1.54) is 0 Å². The van der Waals surface area contributed by atoms with Crippen molar-refractivity contribution in [2.24, 2.45) is 23.2 Å². The maximum atomic E-state index is 13.6. The first-order valence-corrected chi connectivity index (χ1v) is 13.8. The van der Waals surface area contributed by atoms with Gasteiger partial charge in [0.2, 0.25) is 0 Å². The first kappa shape index (κ1) is 29.0. The number of Topliss-reactive ketones (excluding diaryl/α,β-unsaturated/α-hetero) is 1. The average molecular weight is 683 g/mol. The van der Waals surface area contributed by atoms with Crippen LogP contribution in [0.2, 0.25) is 0 Å². The number of carbonyl (C=O) groups excluding carboxylic acids is 3. The van der Waals surface area contributed by atoms with E-state index in [0.29, 0.717) is 19.3 Å². The summed E-state index contributed by atoms with van der Waals surface area (Å²) in [5, 5.41) is 0. The highest BCUT2D eigenvalue weighted by atomic mass is 127. The molecule has 1 aromatic rings. The lowest BCUT2D eigenvalue weighted by atomic mass is 9.49. The summed E-state index contributed by atoms with van der Waals surface area (Å²) in [4.78, 5) is 38.4. The second kappa shape index (κ2) is 9.31. The summed E-state index contributed by atoms with van der Waals surface area (Å²) in [5.41, 5.74) is -7.81. The maximum Gasteiger partial charge on any atom is 0.438 e. The first-order valence-electron chi connectivity index (χ1n) is 11.1. The van der Waals surface area contributed by atoms with E-state index in [2.05, 4.69) is 4.74 Å². The molecule has 4 aliphatic rings. The van der Waals surface area contributed by atoms with Crippen LogP contribution in [0.4, 0.5) is 26.3 Å². The molecule has 0 spiro atoms. The highest BCUT2D eigenvalue weighted by molar-refractivity contribution is 14.1. The van der Waals surface area contributed by atoms with E-state index < -0.39 is 62.5 Å². The van der Waals surface area contributed by atoms with E-state index in [1.807, 2.05) is 0 Å². The number of hydrogen-bond acceptors (Lipinski definition) is 8. The standard InChI is InChI=1S/C22H19F6IO8S/c23-21(24,25)20(22(26,27)28,9-38(33,34)35)37-17(31)14-2-1-13(29)5-15(14)36-18(32)19-6-10-3-11(7-19)16(30)12(4-10)8-19/h1-2,5,10-12H,3-4,6-9H2,(H,33,34,35)/p-1. The summed E-state index contributed by atoms with van der Waals surface area (Å²) in [6.45, 7) is 0. The zero-order chi connectivity index (χ0) is 28.5. The van der Waals surface area contributed by atoms with Gasteiger partial charge in [0.25, 0.3) is 0 Å². The van der Waals surface area contributed by atoms with Gasteiger partial charge in [0.15, 0.2) is 0 Å². The number of alkyl halides is 6. The lowest BCUT2D eigenvalue weighted by molar-refractivity contribution is -0.356. The van der Waals surface area contributed by atoms with Crippen LogP contribution in [-0.4, -0.2) is 54.4 Å². The molecule has 4 saturated carbocycles. The van der Waals surface area contributed by atoms with Crippen LogP contribution in [0, 0.1) is 26.7 Å². The Kier molecular flexibility index (Phi) is 7.12. The largest absolute Gasteiger partial charge is 0.748 e. The summed E-state index contributed by atoms with van der Waals surface area (Å²) in [5.74, 6) is -7.66. The molecule has 2 unspecified atom stereocenters. The van der Waals surface area contributed by atoms with Crippen molar-refractivity contribution in [1.29, 1.82) is 0 Å². The van der Waals surface area contributed by atoms with E-state index in [9.17, 15) is 53.7 Å². The normalized spacial score (nSPS) is 27.4. The predicted octanol–water partition coefficient (Wildman–Crippen LogP) is 4.16. The van der Waals surface area contributed by atoms with E-state index in [4.69, 9.17) is 4.74 Å². The van der Waals surface area contributed by atoms with Crippen LogP contribution < -0.4 is 4.74 Å². The molecule has 8 nitrogen and oxygen atoms in total. The zero-order valence-electron chi connectivity index (χ0n) is 19.0. The van der Waals surface area contributed by atoms with Crippen LogP contribution in [0.15, 0.2) is 18.2 Å². The summed E-state index contributed by atoms with van der Waals surface area (Å²) in [6, 6.07) is 2.86. The molecule has 0 saturated heterocycles. The fourth-order valence-electron chi connectivity index (χ4n) is 5.89. The molecule has 0 N–H and O–H groups in total. The van der Waals surface area contributed by atoms with Crippen molar-refractivity contribution < 1.29 is 63.2 Å². The smallest absolute Gasteiger partial charge is 0.438 e. The second-order valence-electron chi connectivity index (χ2n) is 9.97. The molecule has 4 fully saturated rings. The fraction of sp³-hybridized carbons (Fsp3) is 0.591. The second-order valence-corrected chi connectivity index (χ2v) is 12.6. The number of carbonyl (C=O) groups is 3. The zero-order valence-corrected chi connectivity index (χ0v) is 22.0. The number of ether oxygens (including phenoxy) is 2. The molecule has 0 amide bonds. The number of benzene rings is 1. The minimum atomic E-state index is -6.55. The van der Waals surface area contributed by atoms with Gasteiger partial charge in [-0.15, -0.1) is 0 Å². The van der Waals surface area contributed by atoms with Crippen molar-refractivity contribution in [2.45, 2.75) is 50.1 Å². The Labute approximate surface area is 225 Å². The molecular formula is C22H18F6IO8S-. The molecule has 0 aromatic heterocycles. The third kappa shape index (κ3) is 5.14. The first-order chi connectivity index (χ1) is 17.3. The predicted molar refractivity (Wildman–Crippen MR) is 121 cm³/mol. The van der Waals surface area contributed by atoms with Crippen LogP contribution in [-0.2, 0) is 24.4 Å². The number of rotatable bonds is 6. The van der Waals surface area contributed by atoms with Crippen LogP contribution in [0.3, 0.4) is 0 Å². The molecule has 4 aliphatic carbocycles. The van der Waals surface area contributed by atoms with Gasteiger partial charge < -0.3 is 14.0 Å². The topological polar surface area (TPSA) is 127 Å². The minimum Gasteiger partial charge on any atom is -0.748 e. The number of halogens is 7. The molecule has 0 radical (unpaired) electrons. The lowest BCUT2D eigenvalue weighted by Gasteiger charge is -2.53. The molecular weight excluding hydrogens is 665 g/mol. The quantitative estimate of drug-likeness (QED) is 0.144. The molecule has 0 aliphatic heterocycles. The van der Waals surface area contributed by atoms with Crippen LogP contribution in [0.1, 0.15) is 42.5 Å². The molecule has 38 heavy (non-hydrogen) atoms. The highest BCUT2D eigenvalue weighted by Gasteiger charge is 2.75. The maximum absolute atomic E-state index is 13.6. The van der Waals surface area contributed by atoms with Gasteiger partial charge in [-0.25, -0.2) is 13.2 Å². The molecule has 2 atom stereocenters. The van der Waals surface area contributed by atoms with Crippen molar-refractivity contribution in [3.63, 3.8) is 0 Å². The van der Waals surface area contributed by atoms with Gasteiger partial charge in [0.05, 0.1) is 21.3 Å². The summed E-state index contributed by atoms with van der Waals surface area (Å²) >= 11 is 1.69. The third-order valence-electron chi connectivity index (χ3n) is 7.36. The van der Waals surface area contributed by atoms with E-state index in [1.54, 1.807) is 22.6 Å². The SMILES string of the molecule is O=C(OC(CS(=O)(=O)[O-])(C(F)(F)F)C(F)(F)F)c1ccc(I)cc1OC(=O)C12CC3CC(C1)C(=O)C(C3)C2. The van der Waals surface area contributed by atoms with E-state index >= 15 is 0 Å². The van der Waals surface area contributed by atoms with Gasteiger partial charge in [-0.3, -0.25) is 9.59 Å². The van der Waals surface area contributed by atoms with Crippen molar-refractivity contribution in [2.75, 3.05) is 5.75 Å². The lowest BCUT2D eigenvalue weighted by Crippen LogP contribution is -2.63. The summed E-state index contributed by atoms with van der Waals surface area (Å²) < 4.78 is 124. The minimum absolute atomic E-state index is 0.0480.